The van der Waals surface area contributed by atoms with Gasteiger partial charge >= 0.3 is 5.97 Å². The molecule has 2 heterocycles. The van der Waals surface area contributed by atoms with E-state index in [2.05, 4.69) is 0 Å². The van der Waals surface area contributed by atoms with Gasteiger partial charge in [-0.2, -0.15) is 0 Å². The predicted molar refractivity (Wildman–Crippen MR) is 271 cm³/mol. The number of esters is 1. The van der Waals surface area contributed by atoms with E-state index in [1.165, 1.54) is 0 Å². The number of rotatable bonds is 24. The molecule has 0 aromatic heterocycles. The van der Waals surface area contributed by atoms with E-state index in [9.17, 15) is 4.79 Å². The third kappa shape index (κ3) is 15.2. The van der Waals surface area contributed by atoms with Crippen LogP contribution in [0.1, 0.15) is 54.2 Å². The van der Waals surface area contributed by atoms with Gasteiger partial charge in [0.25, 0.3) is 0 Å². The van der Waals surface area contributed by atoms with Gasteiger partial charge in [0.2, 0.25) is 0 Å². The number of methoxy groups -OCH3 is 1. The van der Waals surface area contributed by atoms with Crippen molar-refractivity contribution in [2.75, 3.05) is 20.3 Å². The van der Waals surface area contributed by atoms with Gasteiger partial charge in [-0.25, -0.2) is 0 Å². The molecule has 0 N–H and O–H groups in total. The number of hydrogen-bond donors (Lipinski definition) is 0. The Balaban J connectivity index is 1.18. The first-order valence-electron chi connectivity index (χ1n) is 24.8. The minimum absolute atomic E-state index is 0.0752. The SMILES string of the molecule is CO[C@@H]1OC(COCc2ccccc2)[C@@H](OCc2ccccc2)C(OCc2ccccc2)C1O[C@@H]1OC(COCc2ccccc2)[C@@H](OCc2ccccc2)C(OCc2ccccc2)C1OC(=O)C(C)(C)C. The minimum Gasteiger partial charge on any atom is -0.454 e. The van der Waals surface area contributed by atoms with Crippen LogP contribution in [-0.4, -0.2) is 87.7 Å². The van der Waals surface area contributed by atoms with Crippen molar-refractivity contribution in [1.82, 2.24) is 0 Å². The standard InChI is InChI=1S/C60H68O12/c1-60(2,3)59(61)72-56-54(68-40-48-33-21-10-22-34-48)52(66-38-46-29-17-8-18-30-46)50(42-64-36-44-25-13-6-14-26-44)70-58(56)71-55-53(67-39-47-31-19-9-20-32-47)51(65-37-45-27-15-7-16-28-45)49(69-57(55)62-4)41-63-35-43-23-11-5-12-24-43/h5-34,49-58H,35-42H2,1-4H3/t49?,50?,51-,52-,53?,54?,55?,56?,57-,58+/m1/s1. The van der Waals surface area contributed by atoms with Gasteiger partial charge in [-0.3, -0.25) is 4.79 Å². The van der Waals surface area contributed by atoms with E-state index >= 15 is 0 Å². The van der Waals surface area contributed by atoms with E-state index in [-0.39, 0.29) is 39.6 Å². The Labute approximate surface area is 424 Å². The molecule has 0 bridgehead atoms. The summed E-state index contributed by atoms with van der Waals surface area (Å²) in [6.07, 6.45) is -9.42. The Morgan fingerprint density at radius 3 is 1.04 bits per heavy atom. The van der Waals surface area contributed by atoms with E-state index < -0.39 is 72.8 Å². The maximum absolute atomic E-state index is 14.3. The van der Waals surface area contributed by atoms with Crippen molar-refractivity contribution in [2.24, 2.45) is 5.41 Å². The molecule has 12 nitrogen and oxygen atoms in total. The van der Waals surface area contributed by atoms with Crippen LogP contribution in [0.15, 0.2) is 182 Å². The van der Waals surface area contributed by atoms with Crippen LogP contribution in [0.25, 0.3) is 0 Å². The number of hydrogen-bond acceptors (Lipinski definition) is 12. The van der Waals surface area contributed by atoms with Gasteiger partial charge in [0, 0.05) is 7.11 Å². The van der Waals surface area contributed by atoms with Gasteiger partial charge < -0.3 is 52.1 Å². The summed E-state index contributed by atoms with van der Waals surface area (Å²) >= 11 is 0. The molecule has 10 atom stereocenters. The lowest BCUT2D eigenvalue weighted by Crippen LogP contribution is -2.66. The highest BCUT2D eigenvalue weighted by molar-refractivity contribution is 5.75. The molecule has 12 heteroatoms. The average Bonchev–Trinajstić information content (AvgIpc) is 3.41. The smallest absolute Gasteiger partial charge is 0.311 e. The molecule has 380 valence electrons. The molecular formula is C60H68O12. The molecular weight excluding hydrogens is 913 g/mol. The Kier molecular flexibility index (Phi) is 19.7. The summed E-state index contributed by atoms with van der Waals surface area (Å²) < 4.78 is 74.5. The second-order valence-corrected chi connectivity index (χ2v) is 19.1. The molecule has 2 aliphatic rings. The Morgan fingerprint density at radius 2 is 0.708 bits per heavy atom. The molecule has 0 aliphatic carbocycles. The molecule has 8 rings (SSSR count). The molecule has 6 aromatic rings. The van der Waals surface area contributed by atoms with Gasteiger partial charge in [-0.15, -0.1) is 0 Å². The molecule has 2 aliphatic heterocycles. The lowest BCUT2D eigenvalue weighted by atomic mass is 9.94. The molecule has 72 heavy (non-hydrogen) atoms. The van der Waals surface area contributed by atoms with Gasteiger partial charge in [0.15, 0.2) is 18.7 Å². The highest BCUT2D eigenvalue weighted by Gasteiger charge is 2.55. The zero-order valence-corrected chi connectivity index (χ0v) is 41.6. The van der Waals surface area contributed by atoms with Gasteiger partial charge in [0.1, 0.15) is 42.7 Å². The third-order valence-corrected chi connectivity index (χ3v) is 12.5. The molecule has 0 amide bonds. The van der Waals surface area contributed by atoms with Crippen LogP contribution in [0.3, 0.4) is 0 Å². The monoisotopic (exact) mass is 980 g/mol. The van der Waals surface area contributed by atoms with E-state index in [0.717, 1.165) is 33.4 Å². The lowest BCUT2D eigenvalue weighted by Gasteiger charge is -2.50. The fourth-order valence-corrected chi connectivity index (χ4v) is 8.63. The molecule has 0 radical (unpaired) electrons. The maximum Gasteiger partial charge on any atom is 0.311 e. The first-order valence-corrected chi connectivity index (χ1v) is 24.8. The van der Waals surface area contributed by atoms with Crippen molar-refractivity contribution in [3.8, 4) is 0 Å². The van der Waals surface area contributed by atoms with Crippen LogP contribution in [0, 0.1) is 5.41 Å². The van der Waals surface area contributed by atoms with Gasteiger partial charge in [-0.05, 0) is 54.2 Å². The average molecular weight is 981 g/mol. The second-order valence-electron chi connectivity index (χ2n) is 19.1. The zero-order chi connectivity index (χ0) is 50.0. The summed E-state index contributed by atoms with van der Waals surface area (Å²) in [6.45, 7) is 7.11. The van der Waals surface area contributed by atoms with E-state index in [1.54, 1.807) is 27.9 Å². The van der Waals surface area contributed by atoms with Gasteiger partial charge in [-0.1, -0.05) is 182 Å². The van der Waals surface area contributed by atoms with Crippen molar-refractivity contribution in [3.05, 3.63) is 215 Å². The molecule has 2 saturated heterocycles. The summed E-state index contributed by atoms with van der Waals surface area (Å²) in [5.41, 5.74) is 4.82. The van der Waals surface area contributed by atoms with Crippen molar-refractivity contribution in [3.63, 3.8) is 0 Å². The summed E-state index contributed by atoms with van der Waals surface area (Å²) in [7, 11) is 1.56. The van der Waals surface area contributed by atoms with E-state index in [0.29, 0.717) is 13.2 Å². The van der Waals surface area contributed by atoms with Crippen LogP contribution in [-0.2, 0) is 96.5 Å². The lowest BCUT2D eigenvalue weighted by molar-refractivity contribution is -0.378. The topological polar surface area (TPSA) is 119 Å². The minimum atomic E-state index is -1.30. The highest BCUT2D eigenvalue weighted by atomic mass is 16.8. The summed E-state index contributed by atoms with van der Waals surface area (Å²) in [5.74, 6) is -0.488. The largest absolute Gasteiger partial charge is 0.454 e. The van der Waals surface area contributed by atoms with E-state index in [4.69, 9.17) is 52.1 Å². The number of ether oxygens (including phenoxy) is 11. The Bertz CT molecular complexity index is 2440. The number of benzene rings is 6. The van der Waals surface area contributed by atoms with E-state index in [1.807, 2.05) is 182 Å². The van der Waals surface area contributed by atoms with Crippen LogP contribution in [0.4, 0.5) is 0 Å². The normalized spacial score (nSPS) is 24.4. The number of carbonyl (C=O) groups is 1. The predicted octanol–water partition coefficient (Wildman–Crippen LogP) is 10.2. The first kappa shape index (κ1) is 52.7. The zero-order valence-electron chi connectivity index (χ0n) is 41.6. The fourth-order valence-electron chi connectivity index (χ4n) is 8.63. The summed E-state index contributed by atoms with van der Waals surface area (Å²) in [6, 6.07) is 59.4. The van der Waals surface area contributed by atoms with Crippen LogP contribution < -0.4 is 0 Å². The summed E-state index contributed by atoms with van der Waals surface area (Å²) in [5, 5.41) is 0. The molecule has 6 aromatic carbocycles. The van der Waals surface area contributed by atoms with Crippen LogP contribution >= 0.6 is 0 Å². The second kappa shape index (κ2) is 26.9. The van der Waals surface area contributed by atoms with Gasteiger partial charge in [0.05, 0.1) is 58.3 Å². The van der Waals surface area contributed by atoms with Crippen molar-refractivity contribution in [1.29, 1.82) is 0 Å². The molecule has 0 spiro atoms. The molecule has 0 saturated carbocycles. The maximum atomic E-state index is 14.3. The third-order valence-electron chi connectivity index (χ3n) is 12.5. The number of carbonyl (C=O) groups excluding carboxylic acids is 1. The molecule has 2 fully saturated rings. The van der Waals surface area contributed by atoms with Crippen LogP contribution in [0.2, 0.25) is 0 Å². The van der Waals surface area contributed by atoms with Crippen LogP contribution in [0.5, 0.6) is 0 Å². The summed E-state index contributed by atoms with van der Waals surface area (Å²) in [4.78, 5) is 14.3. The highest BCUT2D eigenvalue weighted by Crippen LogP contribution is 2.37. The Hall–Kier alpha value is -5.61. The first-order chi connectivity index (χ1) is 35.2. The van der Waals surface area contributed by atoms with Crippen molar-refractivity contribution in [2.45, 2.75) is 122 Å². The quantitative estimate of drug-likeness (QED) is 0.0537. The fraction of sp³-hybridized carbons (Fsp3) is 0.383. The Morgan fingerprint density at radius 1 is 0.403 bits per heavy atom. The van der Waals surface area contributed by atoms with Crippen molar-refractivity contribution < 1.29 is 56.9 Å². The molecule has 6 unspecified atom stereocenters. The van der Waals surface area contributed by atoms with Crippen molar-refractivity contribution >= 4 is 5.97 Å².